The van der Waals surface area contributed by atoms with Gasteiger partial charge >= 0.3 is 0 Å². The average Bonchev–Trinajstić information content (AvgIpc) is 3.16. The molecule has 2 N–H and O–H groups in total. The zero-order valence-electron chi connectivity index (χ0n) is 12.8. The van der Waals surface area contributed by atoms with Crippen LogP contribution in [0.25, 0.3) is 5.82 Å². The largest absolute Gasteiger partial charge is 0.336 e. The first kappa shape index (κ1) is 19.4. The van der Waals surface area contributed by atoms with Crippen molar-refractivity contribution in [2.24, 2.45) is 11.7 Å². The number of pyridine rings is 1. The number of hydrogen-bond donors (Lipinski definition) is 1. The highest BCUT2D eigenvalue weighted by atomic mass is 35.5. The number of nitrogens with two attached hydrogens (primary N) is 1. The lowest BCUT2D eigenvalue weighted by Gasteiger charge is -2.21. The van der Waals surface area contributed by atoms with Gasteiger partial charge in [-0.05, 0) is 44.0 Å². The van der Waals surface area contributed by atoms with Gasteiger partial charge < -0.3 is 10.6 Å². The summed E-state index contributed by atoms with van der Waals surface area (Å²) in [5, 5.41) is 4.14. The summed E-state index contributed by atoms with van der Waals surface area (Å²) in [7, 11) is 0. The highest BCUT2D eigenvalue weighted by Gasteiger charge is 2.32. The van der Waals surface area contributed by atoms with Gasteiger partial charge in [0.2, 0.25) is 0 Å². The number of hydrogen-bond acceptors (Lipinski definition) is 4. The van der Waals surface area contributed by atoms with Crippen LogP contribution in [0.5, 0.6) is 0 Å². The van der Waals surface area contributed by atoms with Gasteiger partial charge in [0.05, 0.1) is 0 Å². The summed E-state index contributed by atoms with van der Waals surface area (Å²) in [5.41, 5.74) is 6.36. The van der Waals surface area contributed by atoms with Crippen molar-refractivity contribution in [1.82, 2.24) is 19.7 Å². The van der Waals surface area contributed by atoms with Gasteiger partial charge in [-0.1, -0.05) is 0 Å². The molecule has 0 radical (unpaired) electrons. The molecule has 23 heavy (non-hydrogen) atoms. The Morgan fingerprint density at radius 3 is 2.78 bits per heavy atom. The molecule has 1 amide bonds. The van der Waals surface area contributed by atoms with Crippen LogP contribution in [0.2, 0.25) is 0 Å². The summed E-state index contributed by atoms with van der Waals surface area (Å²) in [6.45, 7) is 3.43. The van der Waals surface area contributed by atoms with E-state index in [-0.39, 0.29) is 36.8 Å². The minimum Gasteiger partial charge on any atom is -0.336 e. The molecule has 1 aliphatic rings. The van der Waals surface area contributed by atoms with Gasteiger partial charge in [-0.15, -0.1) is 24.8 Å². The van der Waals surface area contributed by atoms with Gasteiger partial charge in [0.1, 0.15) is 0 Å². The number of carbonyl (C=O) groups is 1. The third-order valence-electron chi connectivity index (χ3n) is 3.99. The molecule has 1 fully saturated rings. The third kappa shape index (κ3) is 4.02. The molecule has 2 unspecified atom stereocenters. The summed E-state index contributed by atoms with van der Waals surface area (Å²) in [5.74, 6) is 1.08. The highest BCUT2D eigenvalue weighted by molar-refractivity contribution is 5.95. The Balaban J connectivity index is 0.00000132. The van der Waals surface area contributed by atoms with Crippen molar-refractivity contribution >= 4 is 30.7 Å². The smallest absolute Gasteiger partial charge is 0.254 e. The SMILES string of the molecule is CC1CC(CN)CN1C(=O)c1ccnc(-n2cccn2)c1.Cl.Cl. The quantitative estimate of drug-likeness (QED) is 0.910. The Kier molecular flexibility index (Phi) is 7.00. The van der Waals surface area contributed by atoms with Crippen LogP contribution in [0.4, 0.5) is 0 Å². The second-order valence-corrected chi connectivity index (χ2v) is 5.50. The molecule has 126 valence electrons. The van der Waals surface area contributed by atoms with Gasteiger partial charge in [-0.25, -0.2) is 9.67 Å². The molecule has 2 aromatic heterocycles. The molecule has 0 saturated carbocycles. The number of nitrogens with zero attached hydrogens (tertiary/aromatic N) is 4. The molecule has 1 saturated heterocycles. The molecule has 3 heterocycles. The van der Waals surface area contributed by atoms with Crippen LogP contribution in [-0.2, 0) is 0 Å². The van der Waals surface area contributed by atoms with E-state index in [0.717, 1.165) is 13.0 Å². The first-order chi connectivity index (χ1) is 10.2. The number of aromatic nitrogens is 3. The average molecular weight is 358 g/mol. The molecule has 2 atom stereocenters. The maximum atomic E-state index is 12.7. The van der Waals surface area contributed by atoms with Crippen LogP contribution in [0.1, 0.15) is 23.7 Å². The zero-order valence-corrected chi connectivity index (χ0v) is 14.5. The number of halogens is 2. The van der Waals surface area contributed by atoms with Crippen LogP contribution in [-0.4, -0.2) is 44.7 Å². The predicted molar refractivity (Wildman–Crippen MR) is 93.5 cm³/mol. The molecule has 3 rings (SSSR count). The van der Waals surface area contributed by atoms with Crippen molar-refractivity contribution < 1.29 is 4.79 Å². The zero-order chi connectivity index (χ0) is 14.8. The molecule has 0 aliphatic carbocycles. The molecule has 6 nitrogen and oxygen atoms in total. The van der Waals surface area contributed by atoms with Gasteiger partial charge in [0, 0.05) is 36.7 Å². The van der Waals surface area contributed by atoms with E-state index in [9.17, 15) is 4.79 Å². The van der Waals surface area contributed by atoms with E-state index in [0.29, 0.717) is 23.8 Å². The maximum absolute atomic E-state index is 12.7. The van der Waals surface area contributed by atoms with Crippen molar-refractivity contribution in [1.29, 1.82) is 0 Å². The van der Waals surface area contributed by atoms with Crippen molar-refractivity contribution in [2.75, 3.05) is 13.1 Å². The normalized spacial score (nSPS) is 19.8. The van der Waals surface area contributed by atoms with E-state index in [1.807, 2.05) is 11.0 Å². The Morgan fingerprint density at radius 1 is 1.39 bits per heavy atom. The van der Waals surface area contributed by atoms with E-state index in [1.54, 1.807) is 35.4 Å². The van der Waals surface area contributed by atoms with E-state index in [2.05, 4.69) is 17.0 Å². The van der Waals surface area contributed by atoms with E-state index >= 15 is 0 Å². The highest BCUT2D eigenvalue weighted by Crippen LogP contribution is 2.24. The lowest BCUT2D eigenvalue weighted by molar-refractivity contribution is 0.0743. The number of likely N-dealkylation sites (tertiary alicyclic amines) is 1. The number of rotatable bonds is 3. The van der Waals surface area contributed by atoms with Crippen LogP contribution in [0.3, 0.4) is 0 Å². The van der Waals surface area contributed by atoms with E-state index < -0.39 is 0 Å². The lowest BCUT2D eigenvalue weighted by atomic mass is 10.1. The molecule has 0 spiro atoms. The molecule has 0 bridgehead atoms. The fourth-order valence-electron chi connectivity index (χ4n) is 2.84. The fourth-order valence-corrected chi connectivity index (χ4v) is 2.84. The second kappa shape index (κ2) is 8.29. The molecule has 2 aromatic rings. The standard InChI is InChI=1S/C15H19N5O.2ClH/c1-11-7-12(9-16)10-19(11)15(21)13-3-5-17-14(8-13)20-6-2-4-18-20;;/h2-6,8,11-12H,7,9-10,16H2,1H3;2*1H. The third-order valence-corrected chi connectivity index (χ3v) is 3.99. The molecular formula is C15H21Cl2N5O. The Hall–Kier alpha value is -1.63. The number of amides is 1. The first-order valence-corrected chi connectivity index (χ1v) is 7.16. The minimum atomic E-state index is 0. The fraction of sp³-hybridized carbons (Fsp3) is 0.400. The van der Waals surface area contributed by atoms with Crippen molar-refractivity contribution in [3.05, 3.63) is 42.4 Å². The Bertz CT molecular complexity index is 635. The van der Waals surface area contributed by atoms with E-state index in [1.165, 1.54) is 0 Å². The van der Waals surface area contributed by atoms with Crippen molar-refractivity contribution in [3.8, 4) is 5.82 Å². The van der Waals surface area contributed by atoms with Crippen LogP contribution in [0.15, 0.2) is 36.8 Å². The first-order valence-electron chi connectivity index (χ1n) is 7.16. The van der Waals surface area contributed by atoms with Crippen molar-refractivity contribution in [2.45, 2.75) is 19.4 Å². The van der Waals surface area contributed by atoms with Gasteiger partial charge in [0.25, 0.3) is 5.91 Å². The van der Waals surface area contributed by atoms with E-state index in [4.69, 9.17) is 5.73 Å². The van der Waals surface area contributed by atoms with Gasteiger partial charge in [0.15, 0.2) is 5.82 Å². The van der Waals surface area contributed by atoms with Crippen LogP contribution in [0, 0.1) is 5.92 Å². The maximum Gasteiger partial charge on any atom is 0.254 e. The number of carbonyl (C=O) groups excluding carboxylic acids is 1. The Morgan fingerprint density at radius 2 is 2.17 bits per heavy atom. The minimum absolute atomic E-state index is 0. The topological polar surface area (TPSA) is 77.0 Å². The van der Waals surface area contributed by atoms with Crippen LogP contribution >= 0.6 is 24.8 Å². The summed E-state index contributed by atoms with van der Waals surface area (Å²) in [6, 6.07) is 5.58. The molecule has 1 aliphatic heterocycles. The van der Waals surface area contributed by atoms with Crippen LogP contribution < -0.4 is 5.73 Å². The summed E-state index contributed by atoms with van der Waals surface area (Å²) < 4.78 is 1.65. The molecular weight excluding hydrogens is 337 g/mol. The second-order valence-electron chi connectivity index (χ2n) is 5.50. The summed E-state index contributed by atoms with van der Waals surface area (Å²) in [4.78, 5) is 18.8. The summed E-state index contributed by atoms with van der Waals surface area (Å²) >= 11 is 0. The van der Waals surface area contributed by atoms with Crippen molar-refractivity contribution in [3.63, 3.8) is 0 Å². The molecule has 0 aromatic carbocycles. The monoisotopic (exact) mass is 357 g/mol. The van der Waals surface area contributed by atoms with Gasteiger partial charge in [-0.2, -0.15) is 5.10 Å². The molecule has 8 heteroatoms. The Labute approximate surface area is 147 Å². The summed E-state index contributed by atoms with van der Waals surface area (Å²) in [6.07, 6.45) is 6.11. The lowest BCUT2D eigenvalue weighted by Crippen LogP contribution is -2.34. The van der Waals surface area contributed by atoms with Gasteiger partial charge in [-0.3, -0.25) is 4.79 Å². The predicted octanol–water partition coefficient (Wildman–Crippen LogP) is 1.92.